The Kier molecular flexibility index (Phi) is 6.42. The average Bonchev–Trinajstić information content (AvgIpc) is 2.51. The summed E-state index contributed by atoms with van der Waals surface area (Å²) in [6, 6.07) is 5.15. The van der Waals surface area contributed by atoms with Crippen molar-refractivity contribution >= 4 is 27.8 Å². The summed E-state index contributed by atoms with van der Waals surface area (Å²) in [5, 5.41) is 3.76. The third-order valence-electron chi connectivity index (χ3n) is 4.33. The van der Waals surface area contributed by atoms with E-state index in [1.165, 1.54) is 12.1 Å². The number of sulfonamides is 1. The molecule has 160 valence electrons. The molecule has 0 spiro atoms. The van der Waals surface area contributed by atoms with E-state index in [2.05, 4.69) is 5.16 Å². The minimum atomic E-state index is -4.12. The van der Waals surface area contributed by atoms with Gasteiger partial charge in [-0.1, -0.05) is 36.7 Å². The van der Waals surface area contributed by atoms with Gasteiger partial charge in [0.15, 0.2) is 11.9 Å². The van der Waals surface area contributed by atoms with Crippen molar-refractivity contribution in [1.29, 1.82) is 0 Å². The van der Waals surface area contributed by atoms with Gasteiger partial charge < -0.3 is 9.57 Å². The Morgan fingerprint density at radius 2 is 1.69 bits per heavy atom. The van der Waals surface area contributed by atoms with Gasteiger partial charge in [-0.3, -0.25) is 0 Å². The van der Waals surface area contributed by atoms with Crippen molar-refractivity contribution in [2.75, 3.05) is 0 Å². The molecule has 1 fully saturated rings. The Hall–Kier alpha value is -2.42. The summed E-state index contributed by atoms with van der Waals surface area (Å²) in [5.74, 6) is -2.08. The zero-order chi connectivity index (χ0) is 22.1. The molecule has 1 aromatic rings. The Morgan fingerprint density at radius 3 is 2.14 bits per heavy atom. The molecule has 0 aromatic heterocycles. The average molecular weight is 425 g/mol. The monoisotopic (exact) mass is 424 g/mol. The molecule has 0 amide bonds. The van der Waals surface area contributed by atoms with Crippen LogP contribution in [-0.2, 0) is 29.2 Å². The summed E-state index contributed by atoms with van der Waals surface area (Å²) < 4.78 is 33.0. The second kappa shape index (κ2) is 8.14. The van der Waals surface area contributed by atoms with Gasteiger partial charge in [0.2, 0.25) is 0 Å². The van der Waals surface area contributed by atoms with E-state index in [4.69, 9.17) is 9.57 Å². The topological polar surface area (TPSA) is 102 Å². The number of hydrogen-bond acceptors (Lipinski definition) is 7. The number of aryl methyl sites for hydroxylation is 1. The molecule has 1 aliphatic heterocycles. The fourth-order valence-corrected chi connectivity index (χ4v) is 4.69. The first-order valence-electron chi connectivity index (χ1n) is 9.35. The van der Waals surface area contributed by atoms with Crippen LogP contribution >= 0.6 is 0 Å². The van der Waals surface area contributed by atoms with Crippen LogP contribution in [0.5, 0.6) is 0 Å². The smallest absolute Gasteiger partial charge is 0.332 e. The van der Waals surface area contributed by atoms with E-state index in [0.717, 1.165) is 16.8 Å². The summed E-state index contributed by atoms with van der Waals surface area (Å²) in [6.45, 7) is 11.8. The van der Waals surface area contributed by atoms with Gasteiger partial charge in [0, 0.05) is 6.92 Å². The standard InChI is InChI=1S/C20H28N2O6S/c1-12(2)16-17(19(24)27-20(5,6)7)22(18(16)21-28-14(4)23)29(25,26)15-10-8-13(3)9-11-15/h8-12,16-17H,1-7H3/b21-18-/t16-,17+/m0/s1. The number of oxime groups is 1. The molecular weight excluding hydrogens is 396 g/mol. The first-order valence-corrected chi connectivity index (χ1v) is 10.8. The second-order valence-corrected chi connectivity index (χ2v) is 10.2. The van der Waals surface area contributed by atoms with Gasteiger partial charge in [0.1, 0.15) is 5.60 Å². The highest BCUT2D eigenvalue weighted by Crippen LogP contribution is 2.40. The normalized spacial score (nSPS) is 21.1. The van der Waals surface area contributed by atoms with E-state index in [1.807, 2.05) is 20.8 Å². The van der Waals surface area contributed by atoms with E-state index < -0.39 is 39.5 Å². The van der Waals surface area contributed by atoms with Crippen LogP contribution in [0.25, 0.3) is 0 Å². The molecular formula is C20H28N2O6S. The highest BCUT2D eigenvalue weighted by atomic mass is 32.2. The number of carbonyl (C=O) groups excluding carboxylic acids is 2. The van der Waals surface area contributed by atoms with E-state index >= 15 is 0 Å². The van der Waals surface area contributed by atoms with Crippen molar-refractivity contribution in [2.24, 2.45) is 17.0 Å². The molecule has 2 atom stereocenters. The minimum Gasteiger partial charge on any atom is -0.458 e. The Balaban J connectivity index is 2.56. The fraction of sp³-hybridized carbons (Fsp3) is 0.550. The van der Waals surface area contributed by atoms with E-state index in [1.54, 1.807) is 32.9 Å². The zero-order valence-electron chi connectivity index (χ0n) is 17.8. The highest BCUT2D eigenvalue weighted by Gasteiger charge is 2.58. The number of hydrogen-bond donors (Lipinski definition) is 0. The van der Waals surface area contributed by atoms with Crippen LogP contribution in [0, 0.1) is 18.8 Å². The van der Waals surface area contributed by atoms with Crippen molar-refractivity contribution in [1.82, 2.24) is 4.31 Å². The van der Waals surface area contributed by atoms with Gasteiger partial charge >= 0.3 is 11.9 Å². The predicted octanol–water partition coefficient (Wildman–Crippen LogP) is 2.86. The van der Waals surface area contributed by atoms with Crippen molar-refractivity contribution < 1.29 is 27.6 Å². The lowest BCUT2D eigenvalue weighted by molar-refractivity contribution is -0.162. The van der Waals surface area contributed by atoms with Gasteiger partial charge in [0.25, 0.3) is 10.0 Å². The summed E-state index contributed by atoms with van der Waals surface area (Å²) in [6.07, 6.45) is 0. The largest absolute Gasteiger partial charge is 0.458 e. The molecule has 0 aliphatic carbocycles. The summed E-state index contributed by atoms with van der Waals surface area (Å²) in [5.41, 5.74) is 0.103. The minimum absolute atomic E-state index is 0.00614. The van der Waals surface area contributed by atoms with Gasteiger partial charge in [-0.15, -0.1) is 0 Å². The molecule has 1 heterocycles. The van der Waals surface area contributed by atoms with Gasteiger partial charge in [-0.25, -0.2) is 22.3 Å². The summed E-state index contributed by atoms with van der Waals surface area (Å²) in [4.78, 5) is 28.9. The molecule has 0 N–H and O–H groups in total. The summed E-state index contributed by atoms with van der Waals surface area (Å²) >= 11 is 0. The maximum Gasteiger partial charge on any atom is 0.332 e. The Morgan fingerprint density at radius 1 is 1.14 bits per heavy atom. The number of rotatable bonds is 5. The number of carbonyl (C=O) groups is 2. The third kappa shape index (κ3) is 4.95. The molecule has 1 saturated heterocycles. The lowest BCUT2D eigenvalue weighted by atomic mass is 9.80. The lowest BCUT2D eigenvalue weighted by Crippen LogP contribution is -2.68. The first-order chi connectivity index (χ1) is 13.3. The molecule has 29 heavy (non-hydrogen) atoms. The van der Waals surface area contributed by atoms with Gasteiger partial charge in [-0.05, 0) is 45.7 Å². The van der Waals surface area contributed by atoms with Crippen LogP contribution in [0.15, 0.2) is 34.3 Å². The number of esters is 1. The lowest BCUT2D eigenvalue weighted by Gasteiger charge is -2.48. The fourth-order valence-electron chi connectivity index (χ4n) is 3.07. The molecule has 2 rings (SSSR count). The number of nitrogens with zero attached hydrogens (tertiary/aromatic N) is 2. The molecule has 1 aliphatic rings. The molecule has 0 radical (unpaired) electrons. The van der Waals surface area contributed by atoms with Gasteiger partial charge in [0.05, 0.1) is 10.8 Å². The van der Waals surface area contributed by atoms with Crippen LogP contribution in [0.2, 0.25) is 0 Å². The highest BCUT2D eigenvalue weighted by molar-refractivity contribution is 7.89. The first kappa shape index (κ1) is 22.9. The SMILES string of the molecule is CC(=O)O/N=C1/[C@@H](C(C)C)[C@H](C(=O)OC(C)(C)C)N1S(=O)(=O)c1ccc(C)cc1. The van der Waals surface area contributed by atoms with Crippen LogP contribution in [-0.4, -0.2) is 42.1 Å². The number of ether oxygens (including phenoxy) is 1. The summed E-state index contributed by atoms with van der Waals surface area (Å²) in [7, 11) is -4.12. The molecule has 0 saturated carbocycles. The number of amidine groups is 1. The Bertz CT molecular complexity index is 913. The van der Waals surface area contributed by atoms with E-state index in [-0.39, 0.29) is 16.6 Å². The van der Waals surface area contributed by atoms with Crippen molar-refractivity contribution in [3.63, 3.8) is 0 Å². The molecule has 9 heteroatoms. The van der Waals surface area contributed by atoms with Gasteiger partial charge in [-0.2, -0.15) is 0 Å². The molecule has 8 nitrogen and oxygen atoms in total. The zero-order valence-corrected chi connectivity index (χ0v) is 18.6. The molecule has 1 aromatic carbocycles. The van der Waals surface area contributed by atoms with Crippen molar-refractivity contribution in [3.8, 4) is 0 Å². The van der Waals surface area contributed by atoms with Crippen molar-refractivity contribution in [2.45, 2.75) is 65.0 Å². The predicted molar refractivity (Wildman–Crippen MR) is 107 cm³/mol. The maximum absolute atomic E-state index is 13.3. The quantitative estimate of drug-likeness (QED) is 0.409. The number of benzene rings is 1. The Labute approximate surface area is 171 Å². The maximum atomic E-state index is 13.3. The molecule has 0 bridgehead atoms. The third-order valence-corrected chi connectivity index (χ3v) is 6.13. The van der Waals surface area contributed by atoms with Crippen LogP contribution in [0.4, 0.5) is 0 Å². The van der Waals surface area contributed by atoms with E-state index in [9.17, 15) is 18.0 Å². The van der Waals surface area contributed by atoms with Crippen LogP contribution < -0.4 is 0 Å². The van der Waals surface area contributed by atoms with Crippen LogP contribution in [0.1, 0.15) is 47.1 Å². The van der Waals surface area contributed by atoms with E-state index in [0.29, 0.717) is 0 Å². The second-order valence-electron chi connectivity index (χ2n) is 8.39. The molecule has 0 unspecified atom stereocenters. The van der Waals surface area contributed by atoms with Crippen molar-refractivity contribution in [3.05, 3.63) is 29.8 Å². The van der Waals surface area contributed by atoms with Crippen LogP contribution in [0.3, 0.4) is 0 Å².